The molecule has 0 spiro atoms. The minimum absolute atomic E-state index is 0.0840. The second kappa shape index (κ2) is 8.38. The third kappa shape index (κ3) is 4.97. The predicted octanol–water partition coefficient (Wildman–Crippen LogP) is 2.68. The highest BCUT2D eigenvalue weighted by atomic mass is 32.2. The summed E-state index contributed by atoms with van der Waals surface area (Å²) >= 11 is 1.23. The molecular formula is C18H18N4O3S2. The summed E-state index contributed by atoms with van der Waals surface area (Å²) in [5.41, 5.74) is 0.788. The van der Waals surface area contributed by atoms with Crippen LogP contribution < -0.4 is 5.32 Å². The van der Waals surface area contributed by atoms with E-state index >= 15 is 0 Å². The van der Waals surface area contributed by atoms with Gasteiger partial charge in [-0.05, 0) is 24.6 Å². The van der Waals surface area contributed by atoms with Crippen LogP contribution in [0.5, 0.6) is 0 Å². The number of amides is 1. The summed E-state index contributed by atoms with van der Waals surface area (Å²) in [6.45, 7) is 1.53. The van der Waals surface area contributed by atoms with Crippen LogP contribution in [0.25, 0.3) is 0 Å². The van der Waals surface area contributed by atoms with Crippen LogP contribution >= 0.6 is 11.3 Å². The standard InChI is InChI=1S/C18H18N4O3S2/c1-14-20-21-18(26-14)19-17(23)13-22(12-15-8-4-2-5-9-15)27(24,25)16-10-6-3-7-11-16/h2-11H,12-13H2,1H3,(H,19,21,23). The number of rotatable bonds is 7. The number of aromatic nitrogens is 2. The lowest BCUT2D eigenvalue weighted by Gasteiger charge is -2.21. The molecule has 2 aromatic carbocycles. The third-order valence-electron chi connectivity index (χ3n) is 3.68. The number of nitrogens with zero attached hydrogens (tertiary/aromatic N) is 3. The van der Waals surface area contributed by atoms with E-state index < -0.39 is 15.9 Å². The molecule has 0 atom stereocenters. The van der Waals surface area contributed by atoms with E-state index in [1.807, 2.05) is 30.3 Å². The zero-order valence-electron chi connectivity index (χ0n) is 14.6. The minimum atomic E-state index is -3.84. The average Bonchev–Trinajstić information content (AvgIpc) is 3.07. The van der Waals surface area contributed by atoms with Crippen molar-refractivity contribution in [2.75, 3.05) is 11.9 Å². The SMILES string of the molecule is Cc1nnc(NC(=O)CN(Cc2ccccc2)S(=O)(=O)c2ccccc2)s1. The van der Waals surface area contributed by atoms with Gasteiger partial charge in [0.25, 0.3) is 0 Å². The fraction of sp³-hybridized carbons (Fsp3) is 0.167. The summed E-state index contributed by atoms with van der Waals surface area (Å²) in [5.74, 6) is -0.471. The lowest BCUT2D eigenvalue weighted by Crippen LogP contribution is -2.37. The molecule has 0 aliphatic heterocycles. The van der Waals surface area contributed by atoms with Gasteiger partial charge in [0.05, 0.1) is 11.4 Å². The Morgan fingerprint density at radius 3 is 2.26 bits per heavy atom. The smallest absolute Gasteiger partial charge is 0.243 e. The highest BCUT2D eigenvalue weighted by molar-refractivity contribution is 7.89. The number of anilines is 1. The van der Waals surface area contributed by atoms with Gasteiger partial charge in [0.2, 0.25) is 21.1 Å². The van der Waals surface area contributed by atoms with Crippen molar-refractivity contribution in [2.45, 2.75) is 18.4 Å². The second-order valence-electron chi connectivity index (χ2n) is 5.75. The van der Waals surface area contributed by atoms with Crippen molar-refractivity contribution in [3.05, 3.63) is 71.2 Å². The van der Waals surface area contributed by atoms with Gasteiger partial charge >= 0.3 is 0 Å². The molecule has 140 valence electrons. The van der Waals surface area contributed by atoms with Crippen molar-refractivity contribution >= 4 is 32.4 Å². The molecule has 7 nitrogen and oxygen atoms in total. The molecule has 0 saturated carbocycles. The highest BCUT2D eigenvalue weighted by Crippen LogP contribution is 2.19. The van der Waals surface area contributed by atoms with Gasteiger partial charge in [-0.1, -0.05) is 59.9 Å². The van der Waals surface area contributed by atoms with Gasteiger partial charge in [-0.15, -0.1) is 10.2 Å². The van der Waals surface area contributed by atoms with Crippen LogP contribution in [0, 0.1) is 6.92 Å². The predicted molar refractivity (Wildman–Crippen MR) is 104 cm³/mol. The third-order valence-corrected chi connectivity index (χ3v) is 6.24. The van der Waals surface area contributed by atoms with Gasteiger partial charge in [-0.2, -0.15) is 4.31 Å². The Balaban J connectivity index is 1.84. The number of carbonyl (C=O) groups excluding carboxylic acids is 1. The molecule has 0 unspecified atom stereocenters. The zero-order chi connectivity index (χ0) is 19.3. The first kappa shape index (κ1) is 19.2. The number of benzene rings is 2. The fourth-order valence-electron chi connectivity index (χ4n) is 2.42. The lowest BCUT2D eigenvalue weighted by atomic mass is 10.2. The van der Waals surface area contributed by atoms with Crippen LogP contribution in [0.15, 0.2) is 65.6 Å². The molecule has 0 radical (unpaired) electrons. The molecule has 9 heteroatoms. The van der Waals surface area contributed by atoms with Gasteiger partial charge in [-0.3, -0.25) is 10.1 Å². The van der Waals surface area contributed by atoms with Crippen molar-refractivity contribution in [1.82, 2.24) is 14.5 Å². The van der Waals surface area contributed by atoms with Crippen LogP contribution in [0.4, 0.5) is 5.13 Å². The van der Waals surface area contributed by atoms with E-state index in [0.29, 0.717) is 10.1 Å². The second-order valence-corrected chi connectivity index (χ2v) is 8.87. The molecule has 1 heterocycles. The zero-order valence-corrected chi connectivity index (χ0v) is 16.2. The summed E-state index contributed by atoms with van der Waals surface area (Å²) < 4.78 is 27.3. The average molecular weight is 403 g/mol. The summed E-state index contributed by atoms with van der Waals surface area (Å²) in [5, 5.41) is 11.3. The van der Waals surface area contributed by atoms with Crippen LogP contribution in [-0.2, 0) is 21.4 Å². The molecule has 0 bridgehead atoms. The number of nitrogens with one attached hydrogen (secondary N) is 1. The number of carbonyl (C=O) groups is 1. The molecule has 0 saturated heterocycles. The summed E-state index contributed by atoms with van der Waals surface area (Å²) in [4.78, 5) is 12.6. The van der Waals surface area contributed by atoms with Gasteiger partial charge in [0, 0.05) is 6.54 Å². The summed E-state index contributed by atoms with van der Waals surface area (Å²) in [6, 6.07) is 17.2. The maximum Gasteiger partial charge on any atom is 0.243 e. The van der Waals surface area contributed by atoms with Gasteiger partial charge in [0.15, 0.2) is 0 Å². The Morgan fingerprint density at radius 2 is 1.67 bits per heavy atom. The maximum atomic E-state index is 13.0. The van der Waals surface area contributed by atoms with Crippen molar-refractivity contribution in [3.8, 4) is 0 Å². The number of aryl methyl sites for hydroxylation is 1. The Hall–Kier alpha value is -2.62. The summed E-state index contributed by atoms with van der Waals surface area (Å²) in [6.07, 6.45) is 0. The Kier molecular flexibility index (Phi) is 5.94. The van der Waals surface area contributed by atoms with Crippen molar-refractivity contribution in [1.29, 1.82) is 0 Å². The van der Waals surface area contributed by atoms with E-state index in [4.69, 9.17) is 0 Å². The Morgan fingerprint density at radius 1 is 1.04 bits per heavy atom. The molecule has 27 heavy (non-hydrogen) atoms. The Bertz CT molecular complexity index is 1010. The Labute approximate surface area is 161 Å². The molecule has 0 aliphatic rings. The first-order valence-electron chi connectivity index (χ1n) is 8.14. The van der Waals surface area contributed by atoms with Crippen molar-refractivity contribution in [2.24, 2.45) is 0 Å². The molecule has 3 aromatic rings. The number of hydrogen-bond acceptors (Lipinski definition) is 6. The molecule has 0 aliphatic carbocycles. The first-order valence-corrected chi connectivity index (χ1v) is 10.4. The monoisotopic (exact) mass is 402 g/mol. The van der Waals surface area contributed by atoms with E-state index in [1.165, 1.54) is 23.5 Å². The molecule has 3 rings (SSSR count). The largest absolute Gasteiger partial charge is 0.299 e. The molecular weight excluding hydrogens is 384 g/mol. The van der Waals surface area contributed by atoms with Gasteiger partial charge < -0.3 is 0 Å². The van der Waals surface area contributed by atoms with E-state index in [-0.39, 0.29) is 18.0 Å². The lowest BCUT2D eigenvalue weighted by molar-refractivity contribution is -0.116. The van der Waals surface area contributed by atoms with Gasteiger partial charge in [-0.25, -0.2) is 8.42 Å². The maximum absolute atomic E-state index is 13.0. The number of hydrogen-bond donors (Lipinski definition) is 1. The molecule has 0 fully saturated rings. The van der Waals surface area contributed by atoms with Crippen LogP contribution in [-0.4, -0.2) is 35.4 Å². The minimum Gasteiger partial charge on any atom is -0.299 e. The molecule has 1 aromatic heterocycles. The number of sulfonamides is 1. The van der Waals surface area contributed by atoms with Crippen molar-refractivity contribution in [3.63, 3.8) is 0 Å². The normalized spacial score (nSPS) is 11.5. The fourth-order valence-corrected chi connectivity index (χ4v) is 4.43. The van der Waals surface area contributed by atoms with Crippen LogP contribution in [0.1, 0.15) is 10.6 Å². The first-order chi connectivity index (χ1) is 12.9. The molecule has 1 amide bonds. The van der Waals surface area contributed by atoms with E-state index in [9.17, 15) is 13.2 Å². The molecule has 1 N–H and O–H groups in total. The quantitative estimate of drug-likeness (QED) is 0.656. The van der Waals surface area contributed by atoms with E-state index in [0.717, 1.165) is 9.87 Å². The van der Waals surface area contributed by atoms with E-state index in [1.54, 1.807) is 25.1 Å². The topological polar surface area (TPSA) is 92.3 Å². The highest BCUT2D eigenvalue weighted by Gasteiger charge is 2.27. The van der Waals surface area contributed by atoms with Crippen LogP contribution in [0.2, 0.25) is 0 Å². The van der Waals surface area contributed by atoms with Crippen molar-refractivity contribution < 1.29 is 13.2 Å². The van der Waals surface area contributed by atoms with E-state index in [2.05, 4.69) is 15.5 Å². The summed E-state index contributed by atoms with van der Waals surface area (Å²) in [7, 11) is -3.84. The van der Waals surface area contributed by atoms with Crippen LogP contribution in [0.3, 0.4) is 0 Å². The van der Waals surface area contributed by atoms with Gasteiger partial charge in [0.1, 0.15) is 5.01 Å².